The lowest BCUT2D eigenvalue weighted by atomic mass is 9.95. The highest BCUT2D eigenvalue weighted by Crippen LogP contribution is 2.46. The quantitative estimate of drug-likeness (QED) is 0.170. The average molecular weight is 743 g/mol. The van der Waals surface area contributed by atoms with Crippen LogP contribution in [0.3, 0.4) is 0 Å². The van der Waals surface area contributed by atoms with Gasteiger partial charge in [-0.15, -0.1) is 11.3 Å². The number of hydrogen-bond acceptors (Lipinski definition) is 4. The van der Waals surface area contributed by atoms with E-state index >= 15 is 0 Å². The summed E-state index contributed by atoms with van der Waals surface area (Å²) in [5, 5.41) is 3.29. The van der Waals surface area contributed by atoms with Crippen LogP contribution >= 0.6 is 11.3 Å². The van der Waals surface area contributed by atoms with Gasteiger partial charge in [-0.25, -0.2) is 15.0 Å². The highest BCUT2D eigenvalue weighted by Gasteiger charge is 2.22. The van der Waals surface area contributed by atoms with Crippen molar-refractivity contribution in [3.05, 3.63) is 194 Å². The average Bonchev–Trinajstić information content (AvgIpc) is 3.91. The third-order valence-corrected chi connectivity index (χ3v) is 11.2. The molecule has 5 heteroatoms. The number of benzene rings is 8. The third-order valence-electron chi connectivity index (χ3n) is 10.0. The summed E-state index contributed by atoms with van der Waals surface area (Å²) in [6.45, 7) is 0. The molecule has 0 aliphatic rings. The van der Waals surface area contributed by atoms with Crippen LogP contribution in [0.4, 0.5) is 0 Å². The zero-order valence-corrected chi connectivity index (χ0v) is 30.2. The fourth-order valence-corrected chi connectivity index (χ4v) is 8.83. The number of thiophene rings is 1. The molecule has 11 aromatic rings. The van der Waals surface area contributed by atoms with E-state index in [0.29, 0.717) is 38.5 Å². The molecule has 56 heavy (non-hydrogen) atoms. The second-order valence-electron chi connectivity index (χ2n) is 13.2. The third kappa shape index (κ3) is 5.32. The van der Waals surface area contributed by atoms with Crippen molar-refractivity contribution in [3.8, 4) is 62.1 Å². The van der Waals surface area contributed by atoms with E-state index in [2.05, 4.69) is 34.9 Å². The summed E-state index contributed by atoms with van der Waals surface area (Å²) < 4.78 is 90.4. The van der Waals surface area contributed by atoms with Crippen molar-refractivity contribution in [2.75, 3.05) is 0 Å². The lowest BCUT2D eigenvalue weighted by Gasteiger charge is -2.13. The number of fused-ring (bicyclic) bond motifs is 6. The molecule has 0 atom stereocenters. The van der Waals surface area contributed by atoms with E-state index in [4.69, 9.17) is 28.7 Å². The molecule has 4 nitrogen and oxygen atoms in total. The molecule has 0 unspecified atom stereocenters. The Kier molecular flexibility index (Phi) is 5.58. The highest BCUT2D eigenvalue weighted by atomic mass is 32.1. The van der Waals surface area contributed by atoms with Crippen molar-refractivity contribution in [1.29, 1.82) is 0 Å². The highest BCUT2D eigenvalue weighted by molar-refractivity contribution is 7.26. The zero-order chi connectivity index (χ0) is 45.7. The first-order valence-corrected chi connectivity index (χ1v) is 18.8. The van der Waals surface area contributed by atoms with Crippen LogP contribution < -0.4 is 0 Å². The molecule has 0 radical (unpaired) electrons. The Bertz CT molecular complexity index is 3780. The molecule has 0 saturated carbocycles. The predicted octanol–water partition coefficient (Wildman–Crippen LogP) is 13.7. The SMILES string of the molecule is [2H]c1c([2H])c([2H])c(-c2cc(-c3c([2H])c([2H])c([2H])c([2H])c3[2H])c3sc4cccc(-c5nc(-c6ccccc6)nc(-c6cccc7c8ccccc8n(-c8ccccc8)c67)n5)c4c3c2)c([2H])c1[2H]. The molecule has 262 valence electrons. The van der Waals surface area contributed by atoms with Crippen LogP contribution in [0.2, 0.25) is 0 Å². The summed E-state index contributed by atoms with van der Waals surface area (Å²) in [4.78, 5) is 15.6. The smallest absolute Gasteiger partial charge is 0.166 e. The standard InChI is InChI=1S/C51H32N4S/c1-5-17-33(18-6-1)36-31-42(34-19-7-2-8-20-34)48-43(32-36)46-40(27-16-30-45(46)56-48)50-52-49(35-21-9-3-10-22-35)53-51(54-50)41-28-15-26-39-38-25-13-14-29-44(38)55(47(39)41)37-23-11-4-12-24-37/h1-32H/i1D,2D,5D,6D,7D,8D,17D,18D,19D,20D. The Labute approximate surface area is 341 Å². The summed E-state index contributed by atoms with van der Waals surface area (Å²) in [5.74, 6) is 1.17. The summed E-state index contributed by atoms with van der Waals surface area (Å²) in [5.41, 5.74) is 5.30. The summed E-state index contributed by atoms with van der Waals surface area (Å²) >= 11 is 1.34. The van der Waals surface area contributed by atoms with Crippen molar-refractivity contribution in [2.45, 2.75) is 0 Å². The van der Waals surface area contributed by atoms with E-state index in [1.165, 1.54) is 11.3 Å². The second-order valence-corrected chi connectivity index (χ2v) is 14.3. The van der Waals surface area contributed by atoms with E-state index in [1.807, 2.05) is 91.0 Å². The monoisotopic (exact) mass is 742 g/mol. The largest absolute Gasteiger partial charge is 0.309 e. The Morgan fingerprint density at radius 1 is 0.446 bits per heavy atom. The van der Waals surface area contributed by atoms with Gasteiger partial charge in [0, 0.05) is 58.9 Å². The minimum Gasteiger partial charge on any atom is -0.309 e. The number of nitrogens with zero attached hydrogens (tertiary/aromatic N) is 4. The van der Waals surface area contributed by atoms with Gasteiger partial charge in [-0.3, -0.25) is 0 Å². The van der Waals surface area contributed by atoms with Crippen molar-refractivity contribution >= 4 is 53.3 Å². The molecule has 0 amide bonds. The number of aromatic nitrogens is 4. The maximum absolute atomic E-state index is 9.03. The summed E-state index contributed by atoms with van der Waals surface area (Å²) in [7, 11) is 0. The van der Waals surface area contributed by atoms with E-state index in [9.17, 15) is 0 Å². The molecule has 3 heterocycles. The minimum atomic E-state index is -0.552. The van der Waals surface area contributed by atoms with Gasteiger partial charge in [-0.2, -0.15) is 0 Å². The van der Waals surface area contributed by atoms with Crippen LogP contribution in [0.1, 0.15) is 13.7 Å². The van der Waals surface area contributed by atoms with Crippen LogP contribution in [0, 0.1) is 0 Å². The number of hydrogen-bond donors (Lipinski definition) is 0. The normalized spacial score (nSPS) is 14.1. The summed E-state index contributed by atoms with van der Waals surface area (Å²) in [6, 6.07) is 38.1. The van der Waals surface area contributed by atoms with Gasteiger partial charge in [0.2, 0.25) is 0 Å². The van der Waals surface area contributed by atoms with Gasteiger partial charge in [-0.05, 0) is 59.2 Å². The molecule has 3 aromatic heterocycles. The first-order chi connectivity index (χ1) is 31.9. The van der Waals surface area contributed by atoms with Crippen LogP contribution in [0.15, 0.2) is 194 Å². The Morgan fingerprint density at radius 3 is 1.86 bits per heavy atom. The molecule has 0 spiro atoms. The van der Waals surface area contributed by atoms with Gasteiger partial charge < -0.3 is 4.57 Å². The van der Waals surface area contributed by atoms with Gasteiger partial charge in [-0.1, -0.05) is 151 Å². The molecule has 0 fully saturated rings. The molecule has 0 N–H and O–H groups in total. The molecule has 0 aliphatic heterocycles. The van der Waals surface area contributed by atoms with Crippen molar-refractivity contribution in [1.82, 2.24) is 19.5 Å². The maximum Gasteiger partial charge on any atom is 0.166 e. The van der Waals surface area contributed by atoms with Crippen molar-refractivity contribution in [3.63, 3.8) is 0 Å². The van der Waals surface area contributed by atoms with E-state index in [-0.39, 0.29) is 22.3 Å². The Balaban J connectivity index is 1.25. The Morgan fingerprint density at radius 2 is 1.07 bits per heavy atom. The van der Waals surface area contributed by atoms with E-state index in [0.717, 1.165) is 43.3 Å². The summed E-state index contributed by atoms with van der Waals surface area (Å²) in [6.07, 6.45) is 0. The molecule has 0 saturated heterocycles. The molecule has 0 aliphatic carbocycles. The maximum atomic E-state index is 9.03. The topological polar surface area (TPSA) is 43.6 Å². The van der Waals surface area contributed by atoms with Crippen LogP contribution in [0.5, 0.6) is 0 Å². The zero-order valence-electron chi connectivity index (χ0n) is 39.4. The van der Waals surface area contributed by atoms with Crippen LogP contribution in [0.25, 0.3) is 104 Å². The molecular formula is C51H32N4S. The van der Waals surface area contributed by atoms with Crippen molar-refractivity contribution < 1.29 is 13.7 Å². The van der Waals surface area contributed by atoms with Gasteiger partial charge in [0.25, 0.3) is 0 Å². The number of rotatable bonds is 6. The first kappa shape index (κ1) is 23.5. The van der Waals surface area contributed by atoms with E-state index < -0.39 is 60.4 Å². The van der Waals surface area contributed by atoms with Crippen LogP contribution in [-0.4, -0.2) is 19.5 Å². The lowest BCUT2D eigenvalue weighted by Crippen LogP contribution is -2.02. The first-order valence-electron chi connectivity index (χ1n) is 23.0. The molecular weight excluding hydrogens is 701 g/mol. The van der Waals surface area contributed by atoms with Crippen molar-refractivity contribution in [2.24, 2.45) is 0 Å². The van der Waals surface area contributed by atoms with Gasteiger partial charge in [0.15, 0.2) is 17.5 Å². The molecule has 8 aromatic carbocycles. The van der Waals surface area contributed by atoms with Gasteiger partial charge in [0.05, 0.1) is 24.7 Å². The Hall–Kier alpha value is -7.21. The van der Waals surface area contributed by atoms with E-state index in [1.54, 1.807) is 12.1 Å². The molecule has 11 rings (SSSR count). The lowest BCUT2D eigenvalue weighted by molar-refractivity contribution is 1.07. The minimum absolute atomic E-state index is 0.0796. The number of para-hydroxylation sites is 3. The second kappa shape index (κ2) is 13.3. The molecule has 0 bridgehead atoms. The van der Waals surface area contributed by atoms with Gasteiger partial charge in [0.1, 0.15) is 0 Å². The van der Waals surface area contributed by atoms with Gasteiger partial charge >= 0.3 is 0 Å². The fraction of sp³-hybridized carbons (Fsp3) is 0. The predicted molar refractivity (Wildman–Crippen MR) is 234 cm³/mol. The van der Waals surface area contributed by atoms with Crippen LogP contribution in [-0.2, 0) is 0 Å². The fourth-order valence-electron chi connectivity index (χ4n) is 7.60.